The van der Waals surface area contributed by atoms with Gasteiger partial charge in [0.15, 0.2) is 0 Å². The third kappa shape index (κ3) is 8.62. The SMILES string of the molecule is Cc1nc2n(n1)CCN(C(=O)CN1CCN(c3ncccn3)CC1)CCCC(=O)N[C@@H](Cc1ccccc1)C(=O)N[C@@H]2C(C)C. The second-order valence-corrected chi connectivity index (χ2v) is 12.1. The van der Waals surface area contributed by atoms with E-state index in [4.69, 9.17) is 4.98 Å². The van der Waals surface area contributed by atoms with Gasteiger partial charge in [-0.25, -0.2) is 19.6 Å². The van der Waals surface area contributed by atoms with Crippen molar-refractivity contribution in [3.8, 4) is 0 Å². The van der Waals surface area contributed by atoms with Gasteiger partial charge in [0.25, 0.3) is 0 Å². The standard InChI is InChI=1S/C32H44N10O3/c1-23(2)29-30-35-24(3)38-42(30)20-19-40(28(44)22-39-15-17-41(18-16-39)32-33-12-8-13-34-32)14-7-11-27(43)36-26(31(45)37-29)21-25-9-5-4-6-10-25/h4-6,8-10,12-13,23,26,29H,7,11,14-22H2,1-3H3,(H,36,43)(H,37,45)/t26-,29+/m0/s1. The molecule has 2 atom stereocenters. The quantitative estimate of drug-likeness (QED) is 0.420. The van der Waals surface area contributed by atoms with Crippen LogP contribution in [0, 0.1) is 12.8 Å². The first-order chi connectivity index (χ1) is 21.8. The number of fused-ring (bicyclic) bond motifs is 1. The first-order valence-corrected chi connectivity index (χ1v) is 15.8. The lowest BCUT2D eigenvalue weighted by Gasteiger charge is -2.35. The molecule has 2 N–H and O–H groups in total. The number of benzene rings is 1. The number of carbonyl (C=O) groups excluding carboxylic acids is 3. The summed E-state index contributed by atoms with van der Waals surface area (Å²) in [6.07, 6.45) is 4.53. The van der Waals surface area contributed by atoms with Crippen molar-refractivity contribution in [1.29, 1.82) is 0 Å². The minimum atomic E-state index is -0.751. The summed E-state index contributed by atoms with van der Waals surface area (Å²) in [5.41, 5.74) is 0.952. The van der Waals surface area contributed by atoms with Crippen LogP contribution in [0.4, 0.5) is 5.95 Å². The summed E-state index contributed by atoms with van der Waals surface area (Å²) in [6, 6.07) is 10.3. The summed E-state index contributed by atoms with van der Waals surface area (Å²) < 4.78 is 1.82. The summed E-state index contributed by atoms with van der Waals surface area (Å²) >= 11 is 0. The first kappa shape index (κ1) is 32.0. The lowest BCUT2D eigenvalue weighted by atomic mass is 10.0. The Hall–Kier alpha value is -4.39. The summed E-state index contributed by atoms with van der Waals surface area (Å²) in [5.74, 6) is 1.50. The molecule has 240 valence electrons. The Balaban J connectivity index is 1.31. The maximum Gasteiger partial charge on any atom is 0.243 e. The molecule has 0 aliphatic carbocycles. The van der Waals surface area contributed by atoms with Crippen LogP contribution in [-0.4, -0.2) is 104 Å². The average Bonchev–Trinajstić information content (AvgIpc) is 3.41. The summed E-state index contributed by atoms with van der Waals surface area (Å²) in [7, 11) is 0. The Morgan fingerprint density at radius 2 is 1.67 bits per heavy atom. The highest BCUT2D eigenvalue weighted by Gasteiger charge is 2.30. The van der Waals surface area contributed by atoms with Crippen LogP contribution < -0.4 is 15.5 Å². The fourth-order valence-corrected chi connectivity index (χ4v) is 5.83. The van der Waals surface area contributed by atoms with E-state index in [-0.39, 0.29) is 30.1 Å². The molecule has 1 fully saturated rings. The number of anilines is 1. The monoisotopic (exact) mass is 616 g/mol. The van der Waals surface area contributed by atoms with Gasteiger partial charge in [-0.2, -0.15) is 5.10 Å². The Kier molecular flexibility index (Phi) is 10.7. The van der Waals surface area contributed by atoms with Crippen molar-refractivity contribution in [3.63, 3.8) is 0 Å². The van der Waals surface area contributed by atoms with Gasteiger partial charge >= 0.3 is 0 Å². The second-order valence-electron chi connectivity index (χ2n) is 12.1. The predicted molar refractivity (Wildman–Crippen MR) is 169 cm³/mol. The zero-order chi connectivity index (χ0) is 31.8. The molecule has 4 heterocycles. The van der Waals surface area contributed by atoms with Crippen molar-refractivity contribution in [1.82, 2.24) is 45.2 Å². The van der Waals surface area contributed by atoms with Crippen LogP contribution in [0.5, 0.6) is 0 Å². The van der Waals surface area contributed by atoms with Crippen molar-refractivity contribution in [2.45, 2.75) is 58.7 Å². The van der Waals surface area contributed by atoms with Gasteiger partial charge in [0, 0.05) is 64.5 Å². The highest BCUT2D eigenvalue weighted by atomic mass is 16.2. The van der Waals surface area contributed by atoms with Crippen molar-refractivity contribution < 1.29 is 14.4 Å². The van der Waals surface area contributed by atoms with Crippen LogP contribution in [0.1, 0.15) is 49.9 Å². The molecule has 0 saturated carbocycles. The molecule has 3 amide bonds. The van der Waals surface area contributed by atoms with Crippen molar-refractivity contribution in [2.75, 3.05) is 50.7 Å². The van der Waals surface area contributed by atoms with Gasteiger partial charge in [-0.3, -0.25) is 19.3 Å². The van der Waals surface area contributed by atoms with Crippen LogP contribution in [0.25, 0.3) is 0 Å². The van der Waals surface area contributed by atoms with E-state index in [0.717, 1.165) is 31.7 Å². The van der Waals surface area contributed by atoms with Crippen molar-refractivity contribution >= 4 is 23.7 Å². The fourth-order valence-electron chi connectivity index (χ4n) is 5.83. The number of amides is 3. The van der Waals surface area contributed by atoms with E-state index in [1.165, 1.54) is 0 Å². The molecule has 45 heavy (non-hydrogen) atoms. The summed E-state index contributed by atoms with van der Waals surface area (Å²) in [5, 5.41) is 10.8. The van der Waals surface area contributed by atoms with E-state index in [9.17, 15) is 14.4 Å². The molecule has 0 bridgehead atoms. The minimum Gasteiger partial charge on any atom is -0.344 e. The topological polar surface area (TPSA) is 141 Å². The van der Waals surface area contributed by atoms with E-state index in [1.54, 1.807) is 18.5 Å². The third-order valence-electron chi connectivity index (χ3n) is 8.32. The lowest BCUT2D eigenvalue weighted by Crippen LogP contribution is -2.51. The minimum absolute atomic E-state index is 0.00923. The second kappa shape index (κ2) is 15.1. The Morgan fingerprint density at radius 1 is 0.933 bits per heavy atom. The van der Waals surface area contributed by atoms with Gasteiger partial charge in [0.05, 0.1) is 19.1 Å². The van der Waals surface area contributed by atoms with E-state index < -0.39 is 12.1 Å². The molecule has 2 aliphatic heterocycles. The number of nitrogens with one attached hydrogen (secondary N) is 2. The zero-order valence-corrected chi connectivity index (χ0v) is 26.4. The van der Waals surface area contributed by atoms with Crippen molar-refractivity contribution in [2.24, 2.45) is 5.92 Å². The zero-order valence-electron chi connectivity index (χ0n) is 26.4. The molecular formula is C32H44N10O3. The molecule has 1 saturated heterocycles. The molecule has 0 spiro atoms. The molecule has 0 radical (unpaired) electrons. The maximum absolute atomic E-state index is 13.7. The molecule has 5 rings (SSSR count). The van der Waals surface area contributed by atoms with E-state index in [2.05, 4.69) is 35.5 Å². The highest BCUT2D eigenvalue weighted by Crippen LogP contribution is 2.21. The molecule has 13 heteroatoms. The number of aromatic nitrogens is 5. The number of hydrogen-bond donors (Lipinski definition) is 2. The third-order valence-corrected chi connectivity index (χ3v) is 8.32. The number of aryl methyl sites for hydroxylation is 1. The summed E-state index contributed by atoms with van der Waals surface area (Å²) in [4.78, 5) is 59.9. The number of rotatable bonds is 6. The van der Waals surface area contributed by atoms with Crippen LogP contribution in [0.3, 0.4) is 0 Å². The highest BCUT2D eigenvalue weighted by molar-refractivity contribution is 5.88. The molecule has 13 nitrogen and oxygen atoms in total. The van der Waals surface area contributed by atoms with Crippen LogP contribution in [0.2, 0.25) is 0 Å². The van der Waals surface area contributed by atoms with Gasteiger partial charge in [-0.15, -0.1) is 0 Å². The first-order valence-electron chi connectivity index (χ1n) is 15.8. The normalized spacial score (nSPS) is 20.7. The van der Waals surface area contributed by atoms with Crippen LogP contribution in [0.15, 0.2) is 48.8 Å². The van der Waals surface area contributed by atoms with E-state index in [1.807, 2.05) is 60.7 Å². The molecule has 2 aliphatic rings. The van der Waals surface area contributed by atoms with Crippen molar-refractivity contribution in [3.05, 3.63) is 66.0 Å². The maximum atomic E-state index is 13.7. The number of nitrogens with zero attached hydrogens (tertiary/aromatic N) is 8. The van der Waals surface area contributed by atoms with Crippen LogP contribution in [-0.2, 0) is 27.3 Å². The van der Waals surface area contributed by atoms with Crippen LogP contribution >= 0.6 is 0 Å². The average molecular weight is 617 g/mol. The molecule has 0 unspecified atom stereocenters. The smallest absolute Gasteiger partial charge is 0.243 e. The van der Waals surface area contributed by atoms with E-state index >= 15 is 0 Å². The van der Waals surface area contributed by atoms with Gasteiger partial charge < -0.3 is 20.4 Å². The van der Waals surface area contributed by atoms with Gasteiger partial charge in [-0.05, 0) is 30.9 Å². The van der Waals surface area contributed by atoms with Gasteiger partial charge in [0.1, 0.15) is 17.7 Å². The Morgan fingerprint density at radius 3 is 2.38 bits per heavy atom. The molecule has 2 aromatic heterocycles. The largest absolute Gasteiger partial charge is 0.344 e. The molecule has 1 aromatic carbocycles. The van der Waals surface area contributed by atoms with E-state index in [0.29, 0.717) is 56.6 Å². The summed E-state index contributed by atoms with van der Waals surface area (Å²) in [6.45, 7) is 10.4. The van der Waals surface area contributed by atoms with Gasteiger partial charge in [0.2, 0.25) is 23.7 Å². The lowest BCUT2D eigenvalue weighted by molar-refractivity contribution is -0.133. The van der Waals surface area contributed by atoms with Gasteiger partial charge in [-0.1, -0.05) is 44.2 Å². The predicted octanol–water partition coefficient (Wildman–Crippen LogP) is 1.36. The number of carbonyl (C=O) groups is 3. The Labute approximate surface area is 264 Å². The molecular weight excluding hydrogens is 572 g/mol. The Bertz CT molecular complexity index is 1420. The fraction of sp³-hybridized carbons (Fsp3) is 0.531. The number of hydrogen-bond acceptors (Lipinski definition) is 9. The number of piperazine rings is 1. The molecule has 3 aromatic rings.